The standard InChI is InChI=1S/C19H24N4O5/c1-18(2,3)28-19(8-9-23(17(25)26)14(10-19)20-11-24)16-21-12-6-5-7-13(27-4)15(12)22-16/h5-7,14H,8-10H2,1-4H3,(H,21,22)(H,25,26). The fraction of sp³-hybridized carbons (Fsp3) is 0.526. The van der Waals surface area contributed by atoms with Gasteiger partial charge in [0.05, 0.1) is 18.2 Å². The number of piperidine rings is 1. The van der Waals surface area contributed by atoms with Gasteiger partial charge in [-0.1, -0.05) is 6.07 Å². The maximum atomic E-state index is 11.6. The average Bonchev–Trinajstić information content (AvgIpc) is 3.05. The predicted molar refractivity (Wildman–Crippen MR) is 101 cm³/mol. The molecular formula is C19H24N4O5. The molecule has 1 aromatic heterocycles. The Morgan fingerprint density at radius 1 is 1.46 bits per heavy atom. The van der Waals surface area contributed by atoms with Gasteiger partial charge in [0.2, 0.25) is 6.08 Å². The molecule has 0 bridgehead atoms. The lowest BCUT2D eigenvalue weighted by Gasteiger charge is -2.45. The van der Waals surface area contributed by atoms with Gasteiger partial charge in [0.15, 0.2) is 0 Å². The summed E-state index contributed by atoms with van der Waals surface area (Å²) in [6.45, 7) is 5.90. The van der Waals surface area contributed by atoms with Gasteiger partial charge in [-0.25, -0.2) is 14.6 Å². The predicted octanol–water partition coefficient (Wildman–Crippen LogP) is 3.02. The van der Waals surface area contributed by atoms with Crippen molar-refractivity contribution in [3.63, 3.8) is 0 Å². The van der Waals surface area contributed by atoms with Gasteiger partial charge in [-0.2, -0.15) is 4.99 Å². The van der Waals surface area contributed by atoms with Crippen molar-refractivity contribution in [1.82, 2.24) is 14.9 Å². The zero-order valence-corrected chi connectivity index (χ0v) is 16.4. The monoisotopic (exact) mass is 388 g/mol. The second-order valence-corrected chi connectivity index (χ2v) is 7.78. The van der Waals surface area contributed by atoms with E-state index in [1.165, 1.54) is 6.08 Å². The Morgan fingerprint density at radius 3 is 2.82 bits per heavy atom. The highest BCUT2D eigenvalue weighted by molar-refractivity contribution is 5.82. The first-order chi connectivity index (χ1) is 13.2. The molecule has 2 N–H and O–H groups in total. The van der Waals surface area contributed by atoms with Gasteiger partial charge in [-0.15, -0.1) is 0 Å². The van der Waals surface area contributed by atoms with Crippen molar-refractivity contribution in [1.29, 1.82) is 0 Å². The Balaban J connectivity index is 2.11. The van der Waals surface area contributed by atoms with Crippen LogP contribution in [0.5, 0.6) is 5.75 Å². The first-order valence-corrected chi connectivity index (χ1v) is 8.99. The Morgan fingerprint density at radius 2 is 2.21 bits per heavy atom. The van der Waals surface area contributed by atoms with Crippen molar-refractivity contribution < 1.29 is 24.2 Å². The number of aliphatic imine (C=N–C) groups is 1. The largest absolute Gasteiger partial charge is 0.494 e. The van der Waals surface area contributed by atoms with Crippen LogP contribution in [0.1, 0.15) is 39.4 Å². The summed E-state index contributed by atoms with van der Waals surface area (Å²) in [5, 5.41) is 9.45. The molecule has 1 amide bonds. The summed E-state index contributed by atoms with van der Waals surface area (Å²) >= 11 is 0. The van der Waals surface area contributed by atoms with Crippen molar-refractivity contribution >= 4 is 23.2 Å². The van der Waals surface area contributed by atoms with Crippen LogP contribution >= 0.6 is 0 Å². The minimum atomic E-state index is -1.14. The van der Waals surface area contributed by atoms with E-state index >= 15 is 0 Å². The Bertz CT molecular complexity index is 928. The number of imidazole rings is 1. The quantitative estimate of drug-likeness (QED) is 0.614. The van der Waals surface area contributed by atoms with E-state index in [1.54, 1.807) is 7.11 Å². The summed E-state index contributed by atoms with van der Waals surface area (Å²) in [6.07, 6.45) is -0.0464. The van der Waals surface area contributed by atoms with E-state index in [9.17, 15) is 14.7 Å². The van der Waals surface area contributed by atoms with Crippen molar-refractivity contribution in [2.24, 2.45) is 4.99 Å². The number of para-hydroxylation sites is 1. The molecule has 2 unspecified atom stereocenters. The summed E-state index contributed by atoms with van der Waals surface area (Å²) in [6, 6.07) is 5.55. The number of likely N-dealkylation sites (tertiary alicyclic amines) is 1. The van der Waals surface area contributed by atoms with E-state index in [0.717, 1.165) is 10.4 Å². The van der Waals surface area contributed by atoms with Crippen molar-refractivity contribution in [3.05, 3.63) is 24.0 Å². The van der Waals surface area contributed by atoms with Crippen LogP contribution in [0.25, 0.3) is 11.0 Å². The minimum Gasteiger partial charge on any atom is -0.494 e. The number of benzene rings is 1. The van der Waals surface area contributed by atoms with Gasteiger partial charge in [0.25, 0.3) is 0 Å². The number of isocyanates is 1. The number of ether oxygens (including phenoxy) is 2. The number of carboxylic acid groups (broad SMARTS) is 1. The van der Waals surface area contributed by atoms with E-state index in [0.29, 0.717) is 23.5 Å². The summed E-state index contributed by atoms with van der Waals surface area (Å²) in [7, 11) is 1.57. The third-order valence-corrected chi connectivity index (χ3v) is 4.70. The van der Waals surface area contributed by atoms with Crippen molar-refractivity contribution in [2.45, 2.75) is 51.0 Å². The first-order valence-electron chi connectivity index (χ1n) is 8.99. The average molecular weight is 388 g/mol. The lowest BCUT2D eigenvalue weighted by atomic mass is 9.87. The smallest absolute Gasteiger partial charge is 0.409 e. The number of aromatic nitrogens is 2. The molecule has 2 heterocycles. The molecule has 9 nitrogen and oxygen atoms in total. The highest BCUT2D eigenvalue weighted by Crippen LogP contribution is 2.42. The van der Waals surface area contributed by atoms with Gasteiger partial charge in [-0.05, 0) is 32.9 Å². The molecule has 9 heteroatoms. The summed E-state index contributed by atoms with van der Waals surface area (Å²) in [5.41, 5.74) is -0.0429. The number of carbonyl (C=O) groups excluding carboxylic acids is 1. The molecule has 2 atom stereocenters. The molecule has 1 aromatic carbocycles. The number of aromatic amines is 1. The molecular weight excluding hydrogens is 364 g/mol. The second-order valence-electron chi connectivity index (χ2n) is 7.78. The lowest BCUT2D eigenvalue weighted by molar-refractivity contribution is -0.171. The van der Waals surface area contributed by atoms with E-state index < -0.39 is 23.5 Å². The maximum Gasteiger partial charge on any atom is 0.409 e. The SMILES string of the molecule is COc1cccc2[nH]c(C3(OC(C)(C)C)CCN(C(=O)O)C(N=C=O)C3)nc12. The van der Waals surface area contributed by atoms with Crippen LogP contribution in [-0.2, 0) is 15.1 Å². The number of H-pyrrole nitrogens is 1. The van der Waals surface area contributed by atoms with Crippen molar-refractivity contribution in [3.8, 4) is 5.75 Å². The maximum absolute atomic E-state index is 11.6. The van der Waals surface area contributed by atoms with Crippen molar-refractivity contribution in [2.75, 3.05) is 13.7 Å². The van der Waals surface area contributed by atoms with Crippen LogP contribution in [0.2, 0.25) is 0 Å². The number of fused-ring (bicyclic) bond motifs is 1. The molecule has 28 heavy (non-hydrogen) atoms. The lowest BCUT2D eigenvalue weighted by Crippen LogP contribution is -2.53. The minimum absolute atomic E-state index is 0.147. The fourth-order valence-electron chi connectivity index (χ4n) is 3.69. The third kappa shape index (κ3) is 3.72. The zero-order chi connectivity index (χ0) is 20.5. The van der Waals surface area contributed by atoms with Crippen LogP contribution in [0, 0.1) is 0 Å². The van der Waals surface area contributed by atoms with E-state index in [-0.39, 0.29) is 13.0 Å². The second kappa shape index (κ2) is 7.26. The van der Waals surface area contributed by atoms with Crippen LogP contribution in [-0.4, -0.2) is 57.6 Å². The highest BCUT2D eigenvalue weighted by atomic mass is 16.5. The van der Waals surface area contributed by atoms with Gasteiger partial charge >= 0.3 is 6.09 Å². The number of carbonyl (C=O) groups is 1. The molecule has 1 fully saturated rings. The molecule has 150 valence electrons. The number of hydrogen-bond donors (Lipinski definition) is 2. The zero-order valence-electron chi connectivity index (χ0n) is 16.4. The molecule has 3 rings (SSSR count). The Kier molecular flexibility index (Phi) is 5.14. The highest BCUT2D eigenvalue weighted by Gasteiger charge is 2.48. The number of nitrogens with one attached hydrogen (secondary N) is 1. The fourth-order valence-corrected chi connectivity index (χ4v) is 3.69. The molecule has 0 saturated carbocycles. The first kappa shape index (κ1) is 19.9. The van der Waals surface area contributed by atoms with E-state index in [2.05, 4.69) is 9.98 Å². The number of rotatable bonds is 4. The molecule has 0 spiro atoms. The van der Waals surface area contributed by atoms with Crippen LogP contribution in [0.4, 0.5) is 4.79 Å². The normalized spacial score (nSPS) is 22.7. The van der Waals surface area contributed by atoms with Gasteiger partial charge in [0.1, 0.15) is 28.9 Å². The molecule has 0 aliphatic carbocycles. The molecule has 0 radical (unpaired) electrons. The topological polar surface area (TPSA) is 117 Å². The van der Waals surface area contributed by atoms with Crippen LogP contribution in [0.3, 0.4) is 0 Å². The van der Waals surface area contributed by atoms with E-state index in [4.69, 9.17) is 14.5 Å². The van der Waals surface area contributed by atoms with E-state index in [1.807, 2.05) is 39.0 Å². The van der Waals surface area contributed by atoms with Crippen LogP contribution < -0.4 is 4.74 Å². The third-order valence-electron chi connectivity index (χ3n) is 4.70. The number of hydrogen-bond acceptors (Lipinski definition) is 6. The Labute approximate surface area is 162 Å². The van der Waals surface area contributed by atoms with Gasteiger partial charge in [-0.3, -0.25) is 4.90 Å². The summed E-state index contributed by atoms with van der Waals surface area (Å²) in [5.74, 6) is 1.18. The summed E-state index contributed by atoms with van der Waals surface area (Å²) < 4.78 is 11.8. The number of nitrogens with zero attached hydrogens (tertiary/aromatic N) is 3. The molecule has 2 aromatic rings. The number of amides is 1. The van der Waals surface area contributed by atoms with Gasteiger partial charge in [0, 0.05) is 19.4 Å². The molecule has 1 aliphatic heterocycles. The Hall–Kier alpha value is -2.90. The molecule has 1 aliphatic rings. The molecule has 1 saturated heterocycles. The number of methoxy groups -OCH3 is 1. The van der Waals surface area contributed by atoms with Gasteiger partial charge < -0.3 is 19.6 Å². The van der Waals surface area contributed by atoms with Crippen LogP contribution in [0.15, 0.2) is 23.2 Å². The summed E-state index contributed by atoms with van der Waals surface area (Å²) in [4.78, 5) is 35.3.